The molecule has 1 amide bonds. The van der Waals surface area contributed by atoms with Crippen molar-refractivity contribution in [3.8, 4) is 0 Å². The van der Waals surface area contributed by atoms with Gasteiger partial charge in [-0.05, 0) is 52.3 Å². The van der Waals surface area contributed by atoms with Gasteiger partial charge in [0.1, 0.15) is 0 Å². The molecule has 0 aliphatic heterocycles. The van der Waals surface area contributed by atoms with E-state index in [2.05, 4.69) is 21.2 Å². The molecule has 2 aromatic carbocycles. The van der Waals surface area contributed by atoms with Gasteiger partial charge in [-0.3, -0.25) is 4.79 Å². The van der Waals surface area contributed by atoms with Crippen LogP contribution in [-0.4, -0.2) is 5.91 Å². The largest absolute Gasteiger partial charge is 0.322 e. The van der Waals surface area contributed by atoms with Gasteiger partial charge >= 0.3 is 0 Å². The minimum absolute atomic E-state index is 0.221. The van der Waals surface area contributed by atoms with Crippen LogP contribution in [0.15, 0.2) is 46.9 Å². The number of benzene rings is 2. The lowest BCUT2D eigenvalue weighted by molar-refractivity contribution is 0.102. The molecular formula is C13H8BrCl2NO. The first-order valence-corrected chi connectivity index (χ1v) is 6.63. The van der Waals surface area contributed by atoms with Crippen LogP contribution >= 0.6 is 39.1 Å². The summed E-state index contributed by atoms with van der Waals surface area (Å²) in [6.45, 7) is 0. The molecule has 0 atom stereocenters. The number of nitrogens with one attached hydrogen (secondary N) is 1. The van der Waals surface area contributed by atoms with Gasteiger partial charge in [0.2, 0.25) is 0 Å². The number of hydrogen-bond acceptors (Lipinski definition) is 1. The SMILES string of the molecule is O=C(Nc1cccc(Cl)c1)c1ccc(Cl)cc1Br. The minimum atomic E-state index is -0.221. The van der Waals surface area contributed by atoms with Crippen LogP contribution in [-0.2, 0) is 0 Å². The molecule has 92 valence electrons. The lowest BCUT2D eigenvalue weighted by Gasteiger charge is -2.07. The van der Waals surface area contributed by atoms with E-state index >= 15 is 0 Å². The molecule has 1 N–H and O–H groups in total. The summed E-state index contributed by atoms with van der Waals surface area (Å²) in [4.78, 5) is 12.0. The van der Waals surface area contributed by atoms with Crippen molar-refractivity contribution in [1.29, 1.82) is 0 Å². The lowest BCUT2D eigenvalue weighted by atomic mass is 10.2. The molecule has 0 saturated carbocycles. The Balaban J connectivity index is 2.22. The van der Waals surface area contributed by atoms with Crippen LogP contribution in [0.3, 0.4) is 0 Å². The second kappa shape index (κ2) is 5.74. The van der Waals surface area contributed by atoms with Gasteiger partial charge in [-0.1, -0.05) is 29.3 Å². The number of rotatable bonds is 2. The van der Waals surface area contributed by atoms with Crippen molar-refractivity contribution in [3.05, 3.63) is 62.5 Å². The van der Waals surface area contributed by atoms with Gasteiger partial charge in [0.25, 0.3) is 5.91 Å². The molecule has 5 heteroatoms. The Bertz CT molecular complexity index is 601. The zero-order valence-corrected chi connectivity index (χ0v) is 12.2. The summed E-state index contributed by atoms with van der Waals surface area (Å²) < 4.78 is 0.648. The monoisotopic (exact) mass is 343 g/mol. The van der Waals surface area contributed by atoms with Crippen LogP contribution in [0.5, 0.6) is 0 Å². The van der Waals surface area contributed by atoms with Gasteiger partial charge in [0.05, 0.1) is 5.56 Å². The highest BCUT2D eigenvalue weighted by molar-refractivity contribution is 9.10. The van der Waals surface area contributed by atoms with Crippen molar-refractivity contribution in [1.82, 2.24) is 0 Å². The van der Waals surface area contributed by atoms with E-state index in [0.717, 1.165) is 0 Å². The van der Waals surface area contributed by atoms with Gasteiger partial charge in [-0.2, -0.15) is 0 Å². The Morgan fingerprint density at radius 3 is 2.44 bits per heavy atom. The van der Waals surface area contributed by atoms with E-state index in [1.807, 2.05) is 0 Å². The van der Waals surface area contributed by atoms with Crippen molar-refractivity contribution in [3.63, 3.8) is 0 Å². The number of carbonyl (C=O) groups excluding carboxylic acids is 1. The van der Waals surface area contributed by atoms with E-state index in [1.165, 1.54) is 0 Å². The molecular weight excluding hydrogens is 337 g/mol. The highest BCUT2D eigenvalue weighted by Gasteiger charge is 2.10. The molecule has 2 rings (SSSR count). The summed E-state index contributed by atoms with van der Waals surface area (Å²) in [5.41, 5.74) is 1.16. The van der Waals surface area contributed by atoms with Gasteiger partial charge < -0.3 is 5.32 Å². The first kappa shape index (κ1) is 13.4. The number of carbonyl (C=O) groups is 1. The predicted octanol–water partition coefficient (Wildman–Crippen LogP) is 5.01. The average molecular weight is 345 g/mol. The second-order valence-electron chi connectivity index (χ2n) is 3.59. The molecule has 0 aromatic heterocycles. The fourth-order valence-corrected chi connectivity index (χ4v) is 2.49. The molecule has 0 aliphatic carbocycles. The summed E-state index contributed by atoms with van der Waals surface area (Å²) in [7, 11) is 0. The normalized spacial score (nSPS) is 10.2. The molecule has 0 spiro atoms. The van der Waals surface area contributed by atoms with E-state index in [4.69, 9.17) is 23.2 Å². The zero-order chi connectivity index (χ0) is 13.1. The summed E-state index contributed by atoms with van der Waals surface area (Å²) >= 11 is 15.0. The van der Waals surface area contributed by atoms with Gasteiger partial charge in [0.15, 0.2) is 0 Å². The van der Waals surface area contributed by atoms with Crippen molar-refractivity contribution in [2.75, 3.05) is 5.32 Å². The highest BCUT2D eigenvalue weighted by Crippen LogP contribution is 2.23. The fourth-order valence-electron chi connectivity index (χ4n) is 1.44. The Morgan fingerprint density at radius 2 is 1.78 bits per heavy atom. The van der Waals surface area contributed by atoms with E-state index < -0.39 is 0 Å². The molecule has 0 radical (unpaired) electrons. The zero-order valence-electron chi connectivity index (χ0n) is 9.08. The number of anilines is 1. The van der Waals surface area contributed by atoms with Gasteiger partial charge in [-0.15, -0.1) is 0 Å². The quantitative estimate of drug-likeness (QED) is 0.815. The Kier molecular flexibility index (Phi) is 4.27. The Hall–Kier alpha value is -1.03. The van der Waals surface area contributed by atoms with Crippen LogP contribution in [0, 0.1) is 0 Å². The standard InChI is InChI=1S/C13H8BrCl2NO/c14-12-7-9(16)4-5-11(12)13(18)17-10-3-1-2-8(15)6-10/h1-7H,(H,17,18). The number of amides is 1. The second-order valence-corrected chi connectivity index (χ2v) is 5.32. The molecule has 18 heavy (non-hydrogen) atoms. The van der Waals surface area contributed by atoms with Gasteiger partial charge in [-0.25, -0.2) is 0 Å². The van der Waals surface area contributed by atoms with Crippen molar-refractivity contribution >= 4 is 50.7 Å². The van der Waals surface area contributed by atoms with E-state index in [-0.39, 0.29) is 5.91 Å². The maximum absolute atomic E-state index is 12.0. The van der Waals surface area contributed by atoms with Crippen LogP contribution in [0.25, 0.3) is 0 Å². The van der Waals surface area contributed by atoms with E-state index in [9.17, 15) is 4.79 Å². The van der Waals surface area contributed by atoms with Gasteiger partial charge in [0, 0.05) is 20.2 Å². The topological polar surface area (TPSA) is 29.1 Å². The smallest absolute Gasteiger partial charge is 0.256 e. The molecule has 0 bridgehead atoms. The molecule has 2 aromatic rings. The first-order chi connectivity index (χ1) is 8.56. The molecule has 2 nitrogen and oxygen atoms in total. The van der Waals surface area contributed by atoms with Crippen molar-refractivity contribution in [2.45, 2.75) is 0 Å². The van der Waals surface area contributed by atoms with E-state index in [0.29, 0.717) is 25.8 Å². The molecule has 0 aliphatic rings. The molecule has 0 heterocycles. The van der Waals surface area contributed by atoms with Crippen LogP contribution in [0.4, 0.5) is 5.69 Å². The Morgan fingerprint density at radius 1 is 1.06 bits per heavy atom. The van der Waals surface area contributed by atoms with Crippen LogP contribution < -0.4 is 5.32 Å². The molecule has 0 saturated heterocycles. The van der Waals surface area contributed by atoms with Crippen LogP contribution in [0.2, 0.25) is 10.0 Å². The Labute approximate surface area is 123 Å². The summed E-state index contributed by atoms with van der Waals surface area (Å²) in [5, 5.41) is 3.91. The average Bonchev–Trinajstić information content (AvgIpc) is 2.28. The third kappa shape index (κ3) is 3.25. The number of hydrogen-bond donors (Lipinski definition) is 1. The third-order valence-electron chi connectivity index (χ3n) is 2.26. The van der Waals surface area contributed by atoms with Crippen molar-refractivity contribution in [2.24, 2.45) is 0 Å². The van der Waals surface area contributed by atoms with E-state index in [1.54, 1.807) is 42.5 Å². The van der Waals surface area contributed by atoms with Crippen molar-refractivity contribution < 1.29 is 4.79 Å². The number of halogens is 3. The lowest BCUT2D eigenvalue weighted by Crippen LogP contribution is -2.12. The summed E-state index contributed by atoms with van der Waals surface area (Å²) in [6, 6.07) is 12.0. The van der Waals surface area contributed by atoms with Crippen LogP contribution in [0.1, 0.15) is 10.4 Å². The summed E-state index contributed by atoms with van der Waals surface area (Å²) in [6.07, 6.45) is 0. The maximum atomic E-state index is 12.0. The molecule has 0 fully saturated rings. The minimum Gasteiger partial charge on any atom is -0.322 e. The highest BCUT2D eigenvalue weighted by atomic mass is 79.9. The fraction of sp³-hybridized carbons (Fsp3) is 0. The molecule has 0 unspecified atom stereocenters. The summed E-state index contributed by atoms with van der Waals surface area (Å²) in [5.74, 6) is -0.221. The first-order valence-electron chi connectivity index (χ1n) is 5.08. The predicted molar refractivity (Wildman–Crippen MR) is 78.6 cm³/mol. The third-order valence-corrected chi connectivity index (χ3v) is 3.38. The maximum Gasteiger partial charge on any atom is 0.256 e.